The molecule has 3 aromatic rings. The highest BCUT2D eigenvalue weighted by atomic mass is 35.5. The van der Waals surface area contributed by atoms with Crippen molar-refractivity contribution in [2.45, 2.75) is 19.5 Å². The summed E-state index contributed by atoms with van der Waals surface area (Å²) in [4.78, 5) is 46.7. The Labute approximate surface area is 194 Å². The molecular formula is C22H23ClN4O4S. The van der Waals surface area contributed by atoms with Gasteiger partial charge in [0.05, 0.1) is 18.3 Å². The van der Waals surface area contributed by atoms with Crippen LogP contribution in [0.25, 0.3) is 10.2 Å². The quantitative estimate of drug-likeness (QED) is 0.510. The fourth-order valence-electron chi connectivity index (χ4n) is 3.84. The van der Waals surface area contributed by atoms with Crippen LogP contribution in [-0.4, -0.2) is 64.0 Å². The van der Waals surface area contributed by atoms with E-state index in [1.54, 1.807) is 30.0 Å². The molecule has 1 aliphatic rings. The first-order valence-electron chi connectivity index (χ1n) is 10.3. The zero-order chi connectivity index (χ0) is 22.7. The third kappa shape index (κ3) is 4.69. The molecule has 1 aromatic carbocycles. The molecule has 1 aliphatic heterocycles. The monoisotopic (exact) mass is 474 g/mol. The molecule has 0 radical (unpaired) electrons. The second-order valence-corrected chi connectivity index (χ2v) is 8.77. The van der Waals surface area contributed by atoms with Crippen LogP contribution in [0, 0.1) is 0 Å². The molecule has 2 aromatic heterocycles. The molecule has 0 spiro atoms. The van der Waals surface area contributed by atoms with Crippen LogP contribution in [0.15, 0.2) is 46.8 Å². The highest BCUT2D eigenvalue weighted by Crippen LogP contribution is 2.25. The van der Waals surface area contributed by atoms with Crippen LogP contribution in [0.2, 0.25) is 5.02 Å². The van der Waals surface area contributed by atoms with Crippen molar-refractivity contribution in [1.82, 2.24) is 19.4 Å². The topological polar surface area (TPSA) is 84.7 Å². The van der Waals surface area contributed by atoms with Crippen molar-refractivity contribution in [3.63, 3.8) is 0 Å². The van der Waals surface area contributed by atoms with Crippen LogP contribution >= 0.6 is 22.9 Å². The van der Waals surface area contributed by atoms with E-state index in [1.165, 1.54) is 22.2 Å². The first-order chi connectivity index (χ1) is 15.5. The number of piperazine rings is 1. The van der Waals surface area contributed by atoms with Gasteiger partial charge in [0, 0.05) is 31.2 Å². The molecule has 168 valence electrons. The molecule has 0 bridgehead atoms. The summed E-state index contributed by atoms with van der Waals surface area (Å²) >= 11 is 7.39. The molecule has 8 nitrogen and oxygen atoms in total. The Morgan fingerprint density at radius 3 is 2.56 bits per heavy atom. The van der Waals surface area contributed by atoms with Gasteiger partial charge in [0.25, 0.3) is 5.56 Å². The molecule has 3 heterocycles. The number of fused-ring (bicyclic) bond motifs is 1. The molecule has 4 rings (SSSR count). The number of thiophene rings is 1. The van der Waals surface area contributed by atoms with Gasteiger partial charge in [0.15, 0.2) is 0 Å². The van der Waals surface area contributed by atoms with Crippen molar-refractivity contribution in [2.24, 2.45) is 0 Å². The lowest BCUT2D eigenvalue weighted by atomic mass is 10.0. The molecule has 32 heavy (non-hydrogen) atoms. The average Bonchev–Trinajstić information content (AvgIpc) is 3.27. The Balaban J connectivity index is 1.43. The Bertz CT molecular complexity index is 1170. The maximum atomic E-state index is 12.8. The van der Waals surface area contributed by atoms with Gasteiger partial charge in [-0.05, 0) is 36.1 Å². The summed E-state index contributed by atoms with van der Waals surface area (Å²) in [6.45, 7) is 3.92. The van der Waals surface area contributed by atoms with Crippen LogP contribution in [0.1, 0.15) is 18.5 Å². The first-order valence-corrected chi connectivity index (χ1v) is 11.6. The summed E-state index contributed by atoms with van der Waals surface area (Å²) < 4.78 is 6.64. The highest BCUT2D eigenvalue weighted by Gasteiger charge is 2.32. The minimum Gasteiger partial charge on any atom is -0.465 e. The number of aromatic nitrogens is 2. The fraction of sp³-hybridized carbons (Fsp3) is 0.364. The average molecular weight is 475 g/mol. The number of halogens is 1. The zero-order valence-corrected chi connectivity index (χ0v) is 19.1. The number of amides is 1. The van der Waals surface area contributed by atoms with Crippen LogP contribution in [-0.2, 0) is 20.9 Å². The minimum atomic E-state index is -0.558. The molecule has 1 unspecified atom stereocenters. The molecule has 0 aliphatic carbocycles. The molecular weight excluding hydrogens is 452 g/mol. The van der Waals surface area contributed by atoms with Crippen molar-refractivity contribution in [3.8, 4) is 0 Å². The summed E-state index contributed by atoms with van der Waals surface area (Å²) in [6, 6.07) is 8.31. The Morgan fingerprint density at radius 1 is 1.16 bits per heavy atom. The van der Waals surface area contributed by atoms with Crippen LogP contribution in [0.4, 0.5) is 0 Å². The lowest BCUT2D eigenvalue weighted by Crippen LogP contribution is -2.52. The number of benzene rings is 1. The number of ether oxygens (including phenoxy) is 1. The molecule has 10 heteroatoms. The van der Waals surface area contributed by atoms with Crippen molar-refractivity contribution >= 4 is 45.0 Å². The van der Waals surface area contributed by atoms with Gasteiger partial charge in [-0.1, -0.05) is 23.7 Å². The van der Waals surface area contributed by atoms with E-state index in [0.717, 1.165) is 5.56 Å². The summed E-state index contributed by atoms with van der Waals surface area (Å²) in [6.07, 6.45) is 1.42. The normalized spacial score (nSPS) is 15.6. The van der Waals surface area contributed by atoms with Gasteiger partial charge < -0.3 is 9.64 Å². The van der Waals surface area contributed by atoms with Crippen molar-refractivity contribution in [2.75, 3.05) is 32.8 Å². The van der Waals surface area contributed by atoms with Crippen LogP contribution in [0.3, 0.4) is 0 Å². The molecule has 0 saturated carbocycles. The number of esters is 1. The van der Waals surface area contributed by atoms with E-state index in [-0.39, 0.29) is 24.0 Å². The van der Waals surface area contributed by atoms with Crippen molar-refractivity contribution < 1.29 is 14.3 Å². The molecule has 1 atom stereocenters. The molecule has 0 N–H and O–H groups in total. The largest absolute Gasteiger partial charge is 0.465 e. The summed E-state index contributed by atoms with van der Waals surface area (Å²) in [7, 11) is 0. The van der Waals surface area contributed by atoms with E-state index in [1.807, 2.05) is 22.4 Å². The second-order valence-electron chi connectivity index (χ2n) is 7.44. The maximum Gasteiger partial charge on any atom is 0.328 e. The Hall–Kier alpha value is -2.75. The van der Waals surface area contributed by atoms with Crippen molar-refractivity contribution in [3.05, 3.63) is 63.0 Å². The lowest BCUT2D eigenvalue weighted by molar-refractivity contribution is -0.151. The van der Waals surface area contributed by atoms with E-state index in [0.29, 0.717) is 48.0 Å². The summed E-state index contributed by atoms with van der Waals surface area (Å²) in [5, 5.41) is 2.93. The number of hydrogen-bond acceptors (Lipinski definition) is 7. The fourth-order valence-corrected chi connectivity index (χ4v) is 4.69. The standard InChI is InChI=1S/C22H23ClN4O4S/c1-2-31-22(30)19(15-3-5-16(23)6-4-15)26-10-8-25(9-11-26)18(28)13-27-14-24-20-17(21(27)29)7-12-32-20/h3-7,12,14,19H,2,8-11,13H2,1H3. The van der Waals surface area contributed by atoms with Gasteiger partial charge in [-0.25, -0.2) is 9.78 Å². The Morgan fingerprint density at radius 2 is 1.88 bits per heavy atom. The van der Waals surface area contributed by atoms with Crippen LogP contribution < -0.4 is 5.56 Å². The van der Waals surface area contributed by atoms with E-state index in [4.69, 9.17) is 16.3 Å². The lowest BCUT2D eigenvalue weighted by Gasteiger charge is -2.38. The van der Waals surface area contributed by atoms with Gasteiger partial charge in [-0.3, -0.25) is 19.1 Å². The Kier molecular flexibility index (Phi) is 6.88. The summed E-state index contributed by atoms with van der Waals surface area (Å²) in [5.41, 5.74) is 0.586. The zero-order valence-electron chi connectivity index (χ0n) is 17.6. The van der Waals surface area contributed by atoms with E-state index < -0.39 is 6.04 Å². The third-order valence-electron chi connectivity index (χ3n) is 5.48. The number of carbonyl (C=O) groups excluding carboxylic acids is 2. The molecule has 1 amide bonds. The SMILES string of the molecule is CCOC(=O)C(c1ccc(Cl)cc1)N1CCN(C(=O)Cn2cnc3sccc3c2=O)CC1. The van der Waals surface area contributed by atoms with E-state index in [2.05, 4.69) is 4.98 Å². The second kappa shape index (κ2) is 9.81. The minimum absolute atomic E-state index is 0.0594. The number of rotatable bonds is 6. The molecule has 1 fully saturated rings. The smallest absolute Gasteiger partial charge is 0.328 e. The van der Waals surface area contributed by atoms with Crippen LogP contribution in [0.5, 0.6) is 0 Å². The first kappa shape index (κ1) is 22.4. The van der Waals surface area contributed by atoms with Gasteiger partial charge >= 0.3 is 5.97 Å². The maximum absolute atomic E-state index is 12.8. The predicted octanol–water partition coefficient (Wildman–Crippen LogP) is 2.56. The third-order valence-corrected chi connectivity index (χ3v) is 6.56. The number of carbonyl (C=O) groups is 2. The van der Waals surface area contributed by atoms with Gasteiger partial charge in [0.2, 0.25) is 5.91 Å². The van der Waals surface area contributed by atoms with Gasteiger partial charge in [-0.2, -0.15) is 0 Å². The van der Waals surface area contributed by atoms with Gasteiger partial charge in [-0.15, -0.1) is 11.3 Å². The summed E-state index contributed by atoms with van der Waals surface area (Å²) in [5.74, 6) is -0.474. The van der Waals surface area contributed by atoms with E-state index >= 15 is 0 Å². The highest BCUT2D eigenvalue weighted by molar-refractivity contribution is 7.16. The van der Waals surface area contributed by atoms with Crippen molar-refractivity contribution in [1.29, 1.82) is 0 Å². The molecule has 1 saturated heterocycles. The number of hydrogen-bond donors (Lipinski definition) is 0. The predicted molar refractivity (Wildman–Crippen MR) is 123 cm³/mol. The van der Waals surface area contributed by atoms with Gasteiger partial charge in [0.1, 0.15) is 17.4 Å². The van der Waals surface area contributed by atoms with E-state index in [9.17, 15) is 14.4 Å². The number of nitrogens with zero attached hydrogens (tertiary/aromatic N) is 4.